The zero-order valence-corrected chi connectivity index (χ0v) is 64.0. The van der Waals surface area contributed by atoms with Crippen LogP contribution >= 0.6 is 0 Å². The summed E-state index contributed by atoms with van der Waals surface area (Å²) in [5.74, 6) is 24.2. The Labute approximate surface area is 649 Å². The third-order valence-electron chi connectivity index (χ3n) is 17.2. The molecule has 0 unspecified atom stereocenters. The van der Waals surface area contributed by atoms with Crippen molar-refractivity contribution < 1.29 is 38.1 Å². The lowest BCUT2D eigenvalue weighted by atomic mass is 10.1. The fourth-order valence-electron chi connectivity index (χ4n) is 11.2. The highest BCUT2D eigenvalue weighted by atomic mass is 16.6. The fourth-order valence-corrected chi connectivity index (χ4v) is 11.2. The number of hydrogen-bond acceptors (Lipinski definition) is 18. The summed E-state index contributed by atoms with van der Waals surface area (Å²) in [5, 5.41) is 13.5. The largest absolute Gasteiger partial charge is 0.466 e. The molecular formula is C92H98N10O8. The second-order valence-corrected chi connectivity index (χ2v) is 27.3. The van der Waals surface area contributed by atoms with Crippen LogP contribution in [0.3, 0.4) is 0 Å². The van der Waals surface area contributed by atoms with Crippen LogP contribution in [0.2, 0.25) is 0 Å². The number of ether oxygens (including phenoxy) is 4. The first-order chi connectivity index (χ1) is 53.5. The van der Waals surface area contributed by atoms with E-state index in [1.807, 2.05) is 132 Å². The first kappa shape index (κ1) is 81.8. The van der Waals surface area contributed by atoms with Gasteiger partial charge in [0.25, 0.3) is 0 Å². The fraction of sp³-hybridized carbons (Fsp3) is 0.283. The summed E-state index contributed by atoms with van der Waals surface area (Å²) in [4.78, 5) is 63.7. The molecule has 0 amide bonds. The Morgan fingerprint density at radius 2 is 0.682 bits per heavy atom. The van der Waals surface area contributed by atoms with Crippen molar-refractivity contribution in [2.24, 2.45) is 5.92 Å². The summed E-state index contributed by atoms with van der Waals surface area (Å²) in [6.45, 7) is 26.5. The molecule has 8 aromatic rings. The molecule has 4 fully saturated rings. The maximum atomic E-state index is 11.7. The molecule has 0 atom stereocenters. The van der Waals surface area contributed by atoms with Crippen molar-refractivity contribution in [2.75, 3.05) is 145 Å². The number of carbonyl (C=O) groups is 4. The van der Waals surface area contributed by atoms with E-state index in [0.717, 1.165) is 160 Å². The van der Waals surface area contributed by atoms with Crippen molar-refractivity contribution in [3.63, 3.8) is 0 Å². The van der Waals surface area contributed by atoms with E-state index in [1.165, 1.54) is 61.3 Å². The Balaban J connectivity index is 0.000000169. The summed E-state index contributed by atoms with van der Waals surface area (Å²) >= 11 is 0. The van der Waals surface area contributed by atoms with Crippen molar-refractivity contribution in [1.82, 2.24) is 31.2 Å². The number of nitrogens with one attached hydrogen (secondary N) is 4. The Hall–Kier alpha value is -12.3. The van der Waals surface area contributed by atoms with E-state index in [0.29, 0.717) is 23.9 Å². The van der Waals surface area contributed by atoms with Crippen molar-refractivity contribution in [1.29, 1.82) is 0 Å². The van der Waals surface area contributed by atoms with Gasteiger partial charge in [-0.15, -0.1) is 0 Å². The van der Waals surface area contributed by atoms with Gasteiger partial charge in [0.15, 0.2) is 0 Å². The Bertz CT molecular complexity index is 4490. The molecular weight excluding hydrogens is 1370 g/mol. The molecule has 6 aromatic carbocycles. The van der Waals surface area contributed by atoms with Crippen LogP contribution in [0.1, 0.15) is 102 Å². The van der Waals surface area contributed by atoms with Crippen LogP contribution < -0.4 is 40.9 Å². The number of hydrogen-bond donors (Lipinski definition) is 4. The molecule has 18 nitrogen and oxygen atoms in total. The van der Waals surface area contributed by atoms with Crippen molar-refractivity contribution in [2.45, 2.75) is 40.2 Å². The van der Waals surface area contributed by atoms with E-state index < -0.39 is 11.6 Å². The van der Waals surface area contributed by atoms with Crippen LogP contribution in [0, 0.1) is 53.3 Å². The van der Waals surface area contributed by atoms with E-state index in [1.54, 1.807) is 36.7 Å². The number of anilines is 4. The molecule has 0 saturated carbocycles. The SMILES string of the molecule is CC(C)(C)OC(=O)/C=C/c1ccc(C#Cc2ccc(N3CCNCC3)cc2)cc1.CC(C)COC(=O)/C=C/c1ccc(C#Cc2ccc(N3CCNCC3)cc2)nc1.COC(=O)/C=C/c1ccc(C#Cc2ccc(N3CCNCC3)cc2)cc1.COC(=O)/C=C/c1ccc(C#Cc2ccc(N3CCNCC3)cc2)cn1. The van der Waals surface area contributed by atoms with Gasteiger partial charge in [0.2, 0.25) is 0 Å². The van der Waals surface area contributed by atoms with Gasteiger partial charge in [-0.05, 0) is 213 Å². The van der Waals surface area contributed by atoms with Crippen molar-refractivity contribution in [3.8, 4) is 47.4 Å². The minimum absolute atomic E-state index is 0.324. The van der Waals surface area contributed by atoms with Crippen LogP contribution in [0.5, 0.6) is 0 Å². The third kappa shape index (κ3) is 29.8. The van der Waals surface area contributed by atoms with Gasteiger partial charge in [-0.3, -0.25) is 4.98 Å². The summed E-state index contributed by atoms with van der Waals surface area (Å²) in [5.41, 5.74) is 15.2. The van der Waals surface area contributed by atoms with Crippen LogP contribution in [0.25, 0.3) is 24.3 Å². The molecule has 12 rings (SSSR count). The number of nitrogens with zero attached hydrogens (tertiary/aromatic N) is 6. The number of rotatable bonds is 14. The zero-order valence-electron chi connectivity index (χ0n) is 64.0. The highest BCUT2D eigenvalue weighted by molar-refractivity contribution is 5.89. The van der Waals surface area contributed by atoms with Gasteiger partial charge in [0, 0.05) is 203 Å². The first-order valence-electron chi connectivity index (χ1n) is 37.2. The summed E-state index contributed by atoms with van der Waals surface area (Å²) < 4.78 is 19.5. The number of carbonyl (C=O) groups excluding carboxylic acids is 4. The van der Waals surface area contributed by atoms with E-state index >= 15 is 0 Å². The van der Waals surface area contributed by atoms with Gasteiger partial charge in [-0.2, -0.15) is 0 Å². The third-order valence-corrected chi connectivity index (χ3v) is 17.2. The smallest absolute Gasteiger partial charge is 0.331 e. The maximum Gasteiger partial charge on any atom is 0.331 e. The predicted molar refractivity (Wildman–Crippen MR) is 443 cm³/mol. The lowest BCUT2D eigenvalue weighted by molar-refractivity contribution is -0.148. The van der Waals surface area contributed by atoms with E-state index in [-0.39, 0.29) is 17.9 Å². The molecule has 0 spiro atoms. The highest BCUT2D eigenvalue weighted by Gasteiger charge is 2.16. The molecule has 0 bridgehead atoms. The van der Waals surface area contributed by atoms with Gasteiger partial charge in [0.1, 0.15) is 11.3 Å². The molecule has 18 heteroatoms. The van der Waals surface area contributed by atoms with E-state index in [9.17, 15) is 19.2 Å². The van der Waals surface area contributed by atoms with Gasteiger partial charge in [-0.25, -0.2) is 24.2 Å². The minimum Gasteiger partial charge on any atom is -0.466 e. The first-order valence-corrected chi connectivity index (χ1v) is 37.2. The second-order valence-electron chi connectivity index (χ2n) is 27.3. The number of methoxy groups -OCH3 is 2. The predicted octanol–water partition coefficient (Wildman–Crippen LogP) is 11.7. The Morgan fingerprint density at radius 3 is 1.01 bits per heavy atom. The second kappa shape index (κ2) is 44.1. The number of esters is 4. The van der Waals surface area contributed by atoms with Crippen LogP contribution in [-0.2, 0) is 38.1 Å². The molecule has 0 radical (unpaired) electrons. The van der Waals surface area contributed by atoms with Crippen molar-refractivity contribution >= 4 is 70.9 Å². The van der Waals surface area contributed by atoms with Crippen molar-refractivity contribution in [3.05, 3.63) is 274 Å². The molecule has 0 aliphatic carbocycles. The summed E-state index contributed by atoms with van der Waals surface area (Å²) in [6, 6.07) is 56.5. The van der Waals surface area contributed by atoms with Crippen LogP contribution in [-0.4, -0.2) is 165 Å². The van der Waals surface area contributed by atoms with Gasteiger partial charge in [-0.1, -0.05) is 85.6 Å². The maximum absolute atomic E-state index is 11.7. The van der Waals surface area contributed by atoms with Gasteiger partial charge < -0.3 is 59.8 Å². The number of piperazine rings is 4. The Morgan fingerprint density at radius 1 is 0.373 bits per heavy atom. The molecule has 4 aliphatic heterocycles. The monoisotopic (exact) mass is 1470 g/mol. The Kier molecular flexibility index (Phi) is 32.8. The van der Waals surface area contributed by atoms with Gasteiger partial charge >= 0.3 is 23.9 Å². The normalized spacial score (nSPS) is 14.1. The quantitative estimate of drug-likeness (QED) is 0.0347. The molecule has 564 valence electrons. The van der Waals surface area contributed by atoms with Crippen LogP contribution in [0.15, 0.2) is 207 Å². The zero-order chi connectivity index (χ0) is 77.6. The molecule has 4 N–H and O–H groups in total. The lowest BCUT2D eigenvalue weighted by Gasteiger charge is -2.29. The molecule has 6 heterocycles. The lowest BCUT2D eigenvalue weighted by Crippen LogP contribution is -2.43. The average Bonchev–Trinajstić information content (AvgIpc) is 0.875. The molecule has 110 heavy (non-hydrogen) atoms. The molecule has 2 aromatic heterocycles. The molecule has 4 saturated heterocycles. The number of aromatic nitrogens is 2. The standard InChI is InChI=1S/C25H28N2O2.C24H27N3O2.C22H22N2O2.C21H21N3O2/c1-25(2,3)29-24(28)15-12-21-7-4-20(5-8-21)6-9-22-10-13-23(14-11-22)27-18-16-26-17-19-27;1-19(2)18-29-24(28)12-7-21-4-9-22(26-17-21)8-3-20-5-10-23(11-6-20)27-15-13-25-14-16-27;1-26-22(25)13-10-19-5-2-18(3-6-19)4-7-20-8-11-21(12-9-20)24-16-14-23-15-17-24;1-26-21(25)11-8-19-7-4-18(16-23-19)3-2-17-5-9-20(10-6-17)24-14-12-22-13-15-24/h4-5,7-8,10-15,26H,16-19H2,1-3H3;4-7,9-12,17,19,25H,13-16,18H2,1-2H3;2-3,5-6,8-13,23H,14-17H2,1H3;4-11,16,22H,12-15H2,1H3/b15-12+;12-7+;13-10+;11-8+. The number of benzene rings is 6. The minimum atomic E-state index is -0.482. The highest BCUT2D eigenvalue weighted by Crippen LogP contribution is 2.21. The van der Waals surface area contributed by atoms with E-state index in [2.05, 4.69) is 180 Å². The summed E-state index contributed by atoms with van der Waals surface area (Å²) in [6.07, 6.45) is 15.8. The van der Waals surface area contributed by atoms with Crippen LogP contribution in [0.4, 0.5) is 22.7 Å². The van der Waals surface area contributed by atoms with Gasteiger partial charge in [0.05, 0.1) is 26.5 Å². The molecule has 4 aliphatic rings. The topological polar surface area (TPSA) is 192 Å². The summed E-state index contributed by atoms with van der Waals surface area (Å²) in [7, 11) is 2.71. The van der Waals surface area contributed by atoms with E-state index in [4.69, 9.17) is 9.47 Å². The average molecular weight is 1470 g/mol. The number of pyridine rings is 2.